The van der Waals surface area contributed by atoms with Crippen LogP contribution in [0.1, 0.15) is 25.5 Å². The molecule has 0 spiro atoms. The first-order valence-corrected chi connectivity index (χ1v) is 9.09. The van der Waals surface area contributed by atoms with Crippen LogP contribution in [0.3, 0.4) is 0 Å². The molecule has 2 amide bonds. The average Bonchev–Trinajstić information content (AvgIpc) is 3.23. The van der Waals surface area contributed by atoms with Crippen molar-refractivity contribution in [1.82, 2.24) is 15.1 Å². The number of hydrogen-bond donors (Lipinski definition) is 2. The molecule has 0 saturated carbocycles. The molecule has 2 N–H and O–H groups in total. The van der Waals surface area contributed by atoms with E-state index < -0.39 is 0 Å². The molecule has 1 atom stereocenters. The predicted molar refractivity (Wildman–Crippen MR) is 108 cm³/mol. The molecule has 1 unspecified atom stereocenters. The van der Waals surface area contributed by atoms with Gasteiger partial charge in [-0.05, 0) is 49.7 Å². The first kappa shape index (κ1) is 19.3. The summed E-state index contributed by atoms with van der Waals surface area (Å²) in [5.41, 5.74) is 2.37. The van der Waals surface area contributed by atoms with Gasteiger partial charge < -0.3 is 20.1 Å². The van der Waals surface area contributed by atoms with Crippen LogP contribution >= 0.6 is 0 Å². The van der Waals surface area contributed by atoms with Gasteiger partial charge in [0.05, 0.1) is 31.1 Å². The lowest BCUT2D eigenvalue weighted by Crippen LogP contribution is -2.31. The Hall–Kier alpha value is -3.48. The molecule has 1 aromatic heterocycles. The number of hydrogen-bond acceptors (Lipinski definition) is 4. The van der Waals surface area contributed by atoms with Crippen LogP contribution in [0, 0.1) is 0 Å². The van der Waals surface area contributed by atoms with Gasteiger partial charge in [-0.25, -0.2) is 9.48 Å². The van der Waals surface area contributed by atoms with Crippen molar-refractivity contribution in [2.45, 2.75) is 19.9 Å². The van der Waals surface area contributed by atoms with Crippen LogP contribution in [-0.2, 0) is 0 Å². The van der Waals surface area contributed by atoms with E-state index in [1.165, 1.54) is 0 Å². The lowest BCUT2D eigenvalue weighted by Gasteiger charge is -2.18. The van der Waals surface area contributed by atoms with E-state index >= 15 is 0 Å². The van der Waals surface area contributed by atoms with Crippen LogP contribution < -0.4 is 20.1 Å². The summed E-state index contributed by atoms with van der Waals surface area (Å²) in [5, 5.41) is 10.1. The zero-order chi connectivity index (χ0) is 19.9. The summed E-state index contributed by atoms with van der Waals surface area (Å²) in [6.45, 7) is 4.39. The number of urea groups is 1. The van der Waals surface area contributed by atoms with Crippen LogP contribution in [0.15, 0.2) is 60.9 Å². The topological polar surface area (TPSA) is 77.4 Å². The molecular formula is C21H24N4O3. The number of para-hydroxylation sites is 2. The third-order valence-electron chi connectivity index (χ3n) is 4.24. The van der Waals surface area contributed by atoms with E-state index in [0.717, 1.165) is 11.3 Å². The molecule has 7 nitrogen and oxygen atoms in total. The Morgan fingerprint density at radius 3 is 2.71 bits per heavy atom. The SMILES string of the molecule is CCOc1ccc(C(C)NC(=O)Nc2ccccc2-n2cccn2)cc1OC. The van der Waals surface area contributed by atoms with Crippen LogP contribution in [-0.4, -0.2) is 29.5 Å². The summed E-state index contributed by atoms with van der Waals surface area (Å²) >= 11 is 0. The average molecular weight is 380 g/mol. The number of benzene rings is 2. The van der Waals surface area contributed by atoms with Crippen molar-refractivity contribution >= 4 is 11.7 Å². The second-order valence-corrected chi connectivity index (χ2v) is 6.13. The van der Waals surface area contributed by atoms with Crippen molar-refractivity contribution in [3.63, 3.8) is 0 Å². The van der Waals surface area contributed by atoms with E-state index in [1.54, 1.807) is 18.0 Å². The quantitative estimate of drug-likeness (QED) is 0.645. The van der Waals surface area contributed by atoms with Gasteiger partial charge in [0.1, 0.15) is 0 Å². The minimum absolute atomic E-state index is 0.221. The number of nitrogens with one attached hydrogen (secondary N) is 2. The number of carbonyl (C=O) groups is 1. The van der Waals surface area contributed by atoms with Crippen LogP contribution in [0.5, 0.6) is 11.5 Å². The molecule has 1 heterocycles. The second kappa shape index (κ2) is 8.94. The fourth-order valence-corrected chi connectivity index (χ4v) is 2.86. The van der Waals surface area contributed by atoms with Gasteiger partial charge in [-0.2, -0.15) is 5.10 Å². The Balaban J connectivity index is 1.70. The van der Waals surface area contributed by atoms with Gasteiger partial charge >= 0.3 is 6.03 Å². The molecule has 0 saturated heterocycles. The first-order chi connectivity index (χ1) is 13.6. The zero-order valence-electron chi connectivity index (χ0n) is 16.2. The third-order valence-corrected chi connectivity index (χ3v) is 4.24. The maximum atomic E-state index is 12.5. The number of amides is 2. The van der Waals surface area contributed by atoms with Gasteiger partial charge in [0.2, 0.25) is 0 Å². The standard InChI is InChI=1S/C21H24N4O3/c1-4-28-19-11-10-16(14-20(19)27-3)15(2)23-21(26)24-17-8-5-6-9-18(17)25-13-7-12-22-25/h5-15H,4H2,1-3H3,(H2,23,24,26). The maximum Gasteiger partial charge on any atom is 0.319 e. The number of rotatable bonds is 7. The summed E-state index contributed by atoms with van der Waals surface area (Å²) in [6, 6.07) is 14.4. The first-order valence-electron chi connectivity index (χ1n) is 9.09. The van der Waals surface area contributed by atoms with Crippen molar-refractivity contribution in [2.75, 3.05) is 19.0 Å². The summed E-state index contributed by atoms with van der Waals surface area (Å²) in [5.74, 6) is 1.32. The van der Waals surface area contributed by atoms with E-state index in [2.05, 4.69) is 15.7 Å². The van der Waals surface area contributed by atoms with Crippen molar-refractivity contribution < 1.29 is 14.3 Å². The highest BCUT2D eigenvalue weighted by Gasteiger charge is 2.14. The van der Waals surface area contributed by atoms with Crippen LogP contribution in [0.25, 0.3) is 5.69 Å². The van der Waals surface area contributed by atoms with Crippen molar-refractivity contribution in [2.24, 2.45) is 0 Å². The second-order valence-electron chi connectivity index (χ2n) is 6.13. The van der Waals surface area contributed by atoms with Gasteiger partial charge in [0.15, 0.2) is 11.5 Å². The normalized spacial score (nSPS) is 11.5. The highest BCUT2D eigenvalue weighted by Crippen LogP contribution is 2.30. The monoisotopic (exact) mass is 380 g/mol. The molecule has 0 fully saturated rings. The maximum absolute atomic E-state index is 12.5. The highest BCUT2D eigenvalue weighted by molar-refractivity contribution is 5.91. The largest absolute Gasteiger partial charge is 0.493 e. The van der Waals surface area contributed by atoms with Gasteiger partial charge in [-0.15, -0.1) is 0 Å². The molecule has 7 heteroatoms. The molecule has 3 aromatic rings. The van der Waals surface area contributed by atoms with E-state index in [1.807, 2.05) is 68.6 Å². The van der Waals surface area contributed by atoms with Crippen LogP contribution in [0.4, 0.5) is 10.5 Å². The molecule has 0 bridgehead atoms. The number of methoxy groups -OCH3 is 1. The fourth-order valence-electron chi connectivity index (χ4n) is 2.86. The van der Waals surface area contributed by atoms with Gasteiger partial charge in [-0.1, -0.05) is 18.2 Å². The third kappa shape index (κ3) is 4.43. The fraction of sp³-hybridized carbons (Fsp3) is 0.238. The van der Waals surface area contributed by atoms with Gasteiger partial charge in [0.25, 0.3) is 0 Å². The number of ether oxygens (including phenoxy) is 2. The van der Waals surface area contributed by atoms with Crippen molar-refractivity contribution in [3.8, 4) is 17.2 Å². The smallest absolute Gasteiger partial charge is 0.319 e. The number of aromatic nitrogens is 2. The summed E-state index contributed by atoms with van der Waals surface area (Å²) in [7, 11) is 1.60. The lowest BCUT2D eigenvalue weighted by atomic mass is 10.1. The summed E-state index contributed by atoms with van der Waals surface area (Å²) in [4.78, 5) is 12.5. The zero-order valence-corrected chi connectivity index (χ0v) is 16.2. The van der Waals surface area contributed by atoms with Gasteiger partial charge in [-0.3, -0.25) is 0 Å². The van der Waals surface area contributed by atoms with E-state index in [9.17, 15) is 4.79 Å². The molecule has 2 aromatic carbocycles. The molecular weight excluding hydrogens is 356 g/mol. The molecule has 0 aliphatic heterocycles. The highest BCUT2D eigenvalue weighted by atomic mass is 16.5. The number of carbonyl (C=O) groups excluding carboxylic acids is 1. The summed E-state index contributed by atoms with van der Waals surface area (Å²) < 4.78 is 12.6. The van der Waals surface area contributed by atoms with Gasteiger partial charge in [0, 0.05) is 12.4 Å². The van der Waals surface area contributed by atoms with Crippen molar-refractivity contribution in [3.05, 3.63) is 66.5 Å². The number of anilines is 1. The van der Waals surface area contributed by atoms with E-state index in [-0.39, 0.29) is 12.1 Å². The Kier molecular flexibility index (Phi) is 6.16. The Labute approximate surface area is 164 Å². The Morgan fingerprint density at radius 1 is 1.18 bits per heavy atom. The minimum atomic E-state index is -0.306. The molecule has 146 valence electrons. The summed E-state index contributed by atoms with van der Waals surface area (Å²) in [6.07, 6.45) is 3.52. The molecule has 28 heavy (non-hydrogen) atoms. The Morgan fingerprint density at radius 2 is 2.00 bits per heavy atom. The Bertz CT molecular complexity index is 925. The van der Waals surface area contributed by atoms with E-state index in [4.69, 9.17) is 9.47 Å². The van der Waals surface area contributed by atoms with E-state index in [0.29, 0.717) is 23.8 Å². The minimum Gasteiger partial charge on any atom is -0.493 e. The van der Waals surface area contributed by atoms with Crippen LogP contribution in [0.2, 0.25) is 0 Å². The number of nitrogens with zero attached hydrogens (tertiary/aromatic N) is 2. The predicted octanol–water partition coefficient (Wildman–Crippen LogP) is 4.16. The molecule has 0 aliphatic carbocycles. The molecule has 3 rings (SSSR count). The molecule has 0 aliphatic rings. The molecule has 0 radical (unpaired) electrons. The van der Waals surface area contributed by atoms with Crippen molar-refractivity contribution in [1.29, 1.82) is 0 Å². The lowest BCUT2D eigenvalue weighted by molar-refractivity contribution is 0.249.